The fourth-order valence-corrected chi connectivity index (χ4v) is 4.99. The molecule has 4 aromatic rings. The quantitative estimate of drug-likeness (QED) is 0.459. The lowest BCUT2D eigenvalue weighted by Gasteiger charge is -2.20. The molecule has 7 nitrogen and oxygen atoms in total. The van der Waals surface area contributed by atoms with Crippen LogP contribution < -0.4 is 0 Å². The molecule has 0 radical (unpaired) electrons. The number of nitrogens with zero attached hydrogens (tertiary/aromatic N) is 6. The van der Waals surface area contributed by atoms with Crippen molar-refractivity contribution in [2.45, 2.75) is 45.3 Å². The summed E-state index contributed by atoms with van der Waals surface area (Å²) in [6, 6.07) is 10.2. The van der Waals surface area contributed by atoms with Crippen LogP contribution in [0.4, 0.5) is 0 Å². The third-order valence-corrected chi connectivity index (χ3v) is 6.77. The molecular weight excluding hydrogens is 408 g/mol. The number of aryl methyl sites for hydroxylation is 3. The van der Waals surface area contributed by atoms with Gasteiger partial charge in [-0.15, -0.1) is 11.3 Å². The van der Waals surface area contributed by atoms with Gasteiger partial charge in [-0.05, 0) is 56.4 Å². The average molecular weight is 437 g/mol. The Hall–Kier alpha value is -2.55. The van der Waals surface area contributed by atoms with Crippen LogP contribution in [0.5, 0.6) is 0 Å². The van der Waals surface area contributed by atoms with Crippen molar-refractivity contribution in [1.29, 1.82) is 0 Å². The van der Waals surface area contributed by atoms with Crippen LogP contribution in [0.15, 0.2) is 41.9 Å². The van der Waals surface area contributed by atoms with E-state index in [0.717, 1.165) is 59.6 Å². The summed E-state index contributed by atoms with van der Waals surface area (Å²) in [6.45, 7) is 5.49. The third kappa shape index (κ3) is 4.56. The van der Waals surface area contributed by atoms with Gasteiger partial charge >= 0.3 is 0 Å². The molecule has 8 heteroatoms. The van der Waals surface area contributed by atoms with Crippen molar-refractivity contribution in [2.24, 2.45) is 0 Å². The van der Waals surface area contributed by atoms with Crippen molar-refractivity contribution < 1.29 is 5.11 Å². The number of pyridine rings is 1. The van der Waals surface area contributed by atoms with Gasteiger partial charge in [0.15, 0.2) is 11.5 Å². The van der Waals surface area contributed by atoms with Crippen LogP contribution in [-0.4, -0.2) is 59.9 Å². The van der Waals surface area contributed by atoms with E-state index in [2.05, 4.69) is 37.2 Å². The second-order valence-electron chi connectivity index (χ2n) is 8.30. The summed E-state index contributed by atoms with van der Waals surface area (Å²) < 4.78 is 4.01. The molecule has 0 amide bonds. The minimum absolute atomic E-state index is 0.404. The molecule has 1 aliphatic rings. The summed E-state index contributed by atoms with van der Waals surface area (Å²) in [5.41, 5.74) is 2.92. The Kier molecular flexibility index (Phi) is 5.85. The molecule has 0 saturated carbocycles. The first-order chi connectivity index (χ1) is 15.2. The van der Waals surface area contributed by atoms with Crippen molar-refractivity contribution in [1.82, 2.24) is 29.0 Å². The van der Waals surface area contributed by atoms with Crippen molar-refractivity contribution in [3.63, 3.8) is 0 Å². The molecule has 1 fully saturated rings. The Labute approximate surface area is 186 Å². The van der Waals surface area contributed by atoms with Crippen molar-refractivity contribution in [2.75, 3.05) is 19.6 Å². The fraction of sp³-hybridized carbons (Fsp3) is 0.435. The van der Waals surface area contributed by atoms with E-state index in [1.807, 2.05) is 35.7 Å². The number of fused-ring (bicyclic) bond motifs is 1. The smallest absolute Gasteiger partial charge is 0.155 e. The molecule has 1 N–H and O–H groups in total. The Morgan fingerprint density at radius 1 is 1.06 bits per heavy atom. The lowest BCUT2D eigenvalue weighted by Crippen LogP contribution is -2.33. The van der Waals surface area contributed by atoms with Crippen LogP contribution in [0.25, 0.3) is 16.2 Å². The van der Waals surface area contributed by atoms with Gasteiger partial charge in [-0.1, -0.05) is 12.1 Å². The number of rotatable bonds is 8. The van der Waals surface area contributed by atoms with E-state index < -0.39 is 6.10 Å². The first-order valence-corrected chi connectivity index (χ1v) is 11.9. The molecule has 5 rings (SSSR count). The van der Waals surface area contributed by atoms with Gasteiger partial charge in [0.1, 0.15) is 5.82 Å². The molecule has 0 aliphatic carbocycles. The highest BCUT2D eigenvalue weighted by Gasteiger charge is 2.19. The van der Waals surface area contributed by atoms with Gasteiger partial charge in [0, 0.05) is 31.3 Å². The number of imidazole rings is 1. The molecule has 31 heavy (non-hydrogen) atoms. The van der Waals surface area contributed by atoms with Gasteiger partial charge < -0.3 is 14.6 Å². The van der Waals surface area contributed by atoms with Crippen LogP contribution >= 0.6 is 11.3 Å². The van der Waals surface area contributed by atoms with Crippen molar-refractivity contribution >= 4 is 17.0 Å². The number of thiophene rings is 1. The number of aliphatic hydroxyl groups is 1. The van der Waals surface area contributed by atoms with Crippen molar-refractivity contribution in [3.05, 3.63) is 59.3 Å². The van der Waals surface area contributed by atoms with Gasteiger partial charge in [-0.3, -0.25) is 0 Å². The topological polar surface area (TPSA) is 71.5 Å². The Morgan fingerprint density at radius 2 is 1.94 bits per heavy atom. The van der Waals surface area contributed by atoms with Gasteiger partial charge in [0.05, 0.1) is 23.2 Å². The normalized spacial score (nSPS) is 15.8. The number of likely N-dealkylation sites (tertiary alicyclic amines) is 1. The maximum atomic E-state index is 10.7. The van der Waals surface area contributed by atoms with Gasteiger partial charge in [-0.2, -0.15) is 5.10 Å². The van der Waals surface area contributed by atoms with Crippen LogP contribution in [0.3, 0.4) is 0 Å². The molecule has 1 saturated heterocycles. The standard InChI is InChI=1S/C23H28N6OS/c1-17-6-4-8-23-25-21(26-29(17)23)9-10-22-24-19(20-7-5-13-31-20)16-28(22)15-18(30)14-27-11-2-3-12-27/h4-8,13,16,18,30H,2-3,9-12,14-15H2,1H3. The van der Waals surface area contributed by atoms with Crippen LogP contribution in [0.1, 0.15) is 30.2 Å². The van der Waals surface area contributed by atoms with E-state index in [-0.39, 0.29) is 0 Å². The first-order valence-electron chi connectivity index (χ1n) is 11.0. The maximum Gasteiger partial charge on any atom is 0.155 e. The lowest BCUT2D eigenvalue weighted by atomic mass is 10.2. The average Bonchev–Trinajstić information content (AvgIpc) is 3.53. The SMILES string of the molecule is Cc1cccc2nc(CCc3nc(-c4cccs4)cn3CC(O)CN3CCCC3)nn12. The highest BCUT2D eigenvalue weighted by molar-refractivity contribution is 7.13. The van der Waals surface area contributed by atoms with Crippen LogP contribution in [-0.2, 0) is 19.4 Å². The van der Waals surface area contributed by atoms with Gasteiger partial charge in [0.25, 0.3) is 0 Å². The predicted octanol–water partition coefficient (Wildman–Crippen LogP) is 3.20. The molecule has 0 bridgehead atoms. The third-order valence-electron chi connectivity index (χ3n) is 5.87. The Bertz CT molecular complexity index is 1140. The highest BCUT2D eigenvalue weighted by Crippen LogP contribution is 2.24. The molecule has 0 aromatic carbocycles. The molecule has 1 unspecified atom stereocenters. The zero-order chi connectivity index (χ0) is 21.2. The molecule has 0 spiro atoms. The number of aliphatic hydroxyl groups excluding tert-OH is 1. The van der Waals surface area contributed by atoms with Crippen LogP contribution in [0, 0.1) is 6.92 Å². The van der Waals surface area contributed by atoms with E-state index in [9.17, 15) is 5.11 Å². The predicted molar refractivity (Wildman–Crippen MR) is 122 cm³/mol. The van der Waals surface area contributed by atoms with E-state index in [1.165, 1.54) is 12.8 Å². The summed E-state index contributed by atoms with van der Waals surface area (Å²) in [6.07, 6.45) is 5.59. The van der Waals surface area contributed by atoms with E-state index in [0.29, 0.717) is 13.0 Å². The minimum atomic E-state index is -0.404. The second-order valence-corrected chi connectivity index (χ2v) is 9.25. The van der Waals surface area contributed by atoms with Gasteiger partial charge in [-0.25, -0.2) is 14.5 Å². The number of hydrogen-bond donors (Lipinski definition) is 1. The summed E-state index contributed by atoms with van der Waals surface area (Å²) in [7, 11) is 0. The largest absolute Gasteiger partial charge is 0.390 e. The molecule has 5 heterocycles. The summed E-state index contributed by atoms with van der Waals surface area (Å²) >= 11 is 1.69. The molecule has 162 valence electrons. The molecule has 1 aliphatic heterocycles. The number of aromatic nitrogens is 5. The van der Waals surface area contributed by atoms with Crippen LogP contribution in [0.2, 0.25) is 0 Å². The van der Waals surface area contributed by atoms with Gasteiger partial charge in [0.2, 0.25) is 0 Å². The number of hydrogen-bond acceptors (Lipinski definition) is 6. The lowest BCUT2D eigenvalue weighted by molar-refractivity contribution is 0.108. The zero-order valence-corrected chi connectivity index (χ0v) is 18.6. The maximum absolute atomic E-state index is 10.7. The monoisotopic (exact) mass is 436 g/mol. The number of β-amino-alcohol motifs (C(OH)–C–C–N with tert-alkyl or cyclic N) is 1. The highest BCUT2D eigenvalue weighted by atomic mass is 32.1. The molecule has 1 atom stereocenters. The Balaban J connectivity index is 1.34. The molecule has 4 aromatic heterocycles. The first kappa shape index (κ1) is 20.4. The van der Waals surface area contributed by atoms with Crippen molar-refractivity contribution in [3.8, 4) is 10.6 Å². The summed E-state index contributed by atoms with van der Waals surface area (Å²) in [4.78, 5) is 13.1. The second kappa shape index (κ2) is 8.90. The zero-order valence-electron chi connectivity index (χ0n) is 17.8. The minimum Gasteiger partial charge on any atom is -0.390 e. The summed E-state index contributed by atoms with van der Waals surface area (Å²) in [5.74, 6) is 1.79. The van der Waals surface area contributed by atoms with E-state index in [4.69, 9.17) is 4.98 Å². The fourth-order valence-electron chi connectivity index (χ4n) is 4.31. The van der Waals surface area contributed by atoms with E-state index >= 15 is 0 Å². The Morgan fingerprint density at radius 3 is 2.71 bits per heavy atom. The summed E-state index contributed by atoms with van der Waals surface area (Å²) in [5, 5.41) is 17.4. The van der Waals surface area contributed by atoms with E-state index in [1.54, 1.807) is 11.3 Å². The molecular formula is C23H28N6OS.